The van der Waals surface area contributed by atoms with E-state index in [0.29, 0.717) is 5.02 Å². The zero-order chi connectivity index (χ0) is 13.1. The Bertz CT molecular complexity index is 600. The maximum atomic E-state index is 11.3. The summed E-state index contributed by atoms with van der Waals surface area (Å²) in [7, 11) is 0. The van der Waals surface area contributed by atoms with E-state index in [2.05, 4.69) is 0 Å². The van der Waals surface area contributed by atoms with Gasteiger partial charge in [0.1, 0.15) is 0 Å². The molecular formula is C14H11ClO2S. The SMILES string of the molecule is Cc1ccc(/C=C(/C(=O)O)c2cccs2)cc1Cl. The van der Waals surface area contributed by atoms with Crippen molar-refractivity contribution in [2.24, 2.45) is 0 Å². The molecule has 1 N–H and O–H groups in total. The number of hydrogen-bond donors (Lipinski definition) is 1. The molecule has 92 valence electrons. The average molecular weight is 279 g/mol. The molecule has 0 saturated carbocycles. The van der Waals surface area contributed by atoms with Crippen LogP contribution in [0.4, 0.5) is 0 Å². The normalized spacial score (nSPS) is 11.6. The van der Waals surface area contributed by atoms with Crippen molar-refractivity contribution in [2.45, 2.75) is 6.92 Å². The van der Waals surface area contributed by atoms with Crippen molar-refractivity contribution in [2.75, 3.05) is 0 Å². The van der Waals surface area contributed by atoms with E-state index in [4.69, 9.17) is 11.6 Å². The van der Waals surface area contributed by atoms with Gasteiger partial charge in [0, 0.05) is 9.90 Å². The van der Waals surface area contributed by atoms with Crippen molar-refractivity contribution in [3.63, 3.8) is 0 Å². The molecule has 1 aromatic heterocycles. The van der Waals surface area contributed by atoms with Crippen LogP contribution in [0.15, 0.2) is 35.7 Å². The fourth-order valence-electron chi connectivity index (χ4n) is 1.54. The Balaban J connectivity index is 2.45. The summed E-state index contributed by atoms with van der Waals surface area (Å²) in [6.45, 7) is 1.91. The summed E-state index contributed by atoms with van der Waals surface area (Å²) >= 11 is 7.43. The lowest BCUT2D eigenvalue weighted by atomic mass is 10.1. The number of benzene rings is 1. The van der Waals surface area contributed by atoms with Crippen LogP contribution in [0.2, 0.25) is 5.02 Å². The minimum Gasteiger partial charge on any atom is -0.478 e. The Labute approximate surface area is 114 Å². The van der Waals surface area contributed by atoms with Crippen LogP contribution in [0.5, 0.6) is 0 Å². The van der Waals surface area contributed by atoms with Gasteiger partial charge >= 0.3 is 5.97 Å². The number of aryl methyl sites for hydroxylation is 1. The van der Waals surface area contributed by atoms with Crippen molar-refractivity contribution >= 4 is 40.6 Å². The summed E-state index contributed by atoms with van der Waals surface area (Å²) < 4.78 is 0. The largest absolute Gasteiger partial charge is 0.478 e. The summed E-state index contributed by atoms with van der Waals surface area (Å²) in [5, 5.41) is 11.7. The minimum atomic E-state index is -0.936. The molecule has 0 atom stereocenters. The third kappa shape index (κ3) is 2.81. The smallest absolute Gasteiger partial charge is 0.337 e. The summed E-state index contributed by atoms with van der Waals surface area (Å²) in [6, 6.07) is 9.13. The highest BCUT2D eigenvalue weighted by molar-refractivity contribution is 7.11. The second-order valence-corrected chi connectivity index (χ2v) is 5.20. The molecule has 0 aliphatic carbocycles. The molecule has 2 nitrogen and oxygen atoms in total. The number of carboxylic acids is 1. The Hall–Kier alpha value is -1.58. The molecule has 1 heterocycles. The summed E-state index contributed by atoms with van der Waals surface area (Å²) in [5.41, 5.74) is 2.04. The van der Waals surface area contributed by atoms with Crippen LogP contribution >= 0.6 is 22.9 Å². The van der Waals surface area contributed by atoms with Crippen LogP contribution in [-0.2, 0) is 4.79 Å². The van der Waals surface area contributed by atoms with Gasteiger partial charge in [-0.25, -0.2) is 4.79 Å². The van der Waals surface area contributed by atoms with E-state index in [9.17, 15) is 9.90 Å². The van der Waals surface area contributed by atoms with E-state index in [1.54, 1.807) is 18.2 Å². The predicted molar refractivity (Wildman–Crippen MR) is 76.0 cm³/mol. The summed E-state index contributed by atoms with van der Waals surface area (Å²) in [6.07, 6.45) is 1.64. The van der Waals surface area contributed by atoms with Crippen molar-refractivity contribution in [3.05, 3.63) is 56.7 Å². The third-order valence-electron chi connectivity index (χ3n) is 2.52. The lowest BCUT2D eigenvalue weighted by Crippen LogP contribution is -1.97. The fourth-order valence-corrected chi connectivity index (χ4v) is 2.46. The molecular weight excluding hydrogens is 268 g/mol. The van der Waals surface area contributed by atoms with Crippen LogP contribution in [0, 0.1) is 6.92 Å². The molecule has 18 heavy (non-hydrogen) atoms. The van der Waals surface area contributed by atoms with Gasteiger partial charge in [-0.3, -0.25) is 0 Å². The van der Waals surface area contributed by atoms with Gasteiger partial charge in [-0.05, 0) is 41.6 Å². The van der Waals surface area contributed by atoms with Crippen LogP contribution < -0.4 is 0 Å². The van der Waals surface area contributed by atoms with Crippen molar-refractivity contribution in [3.8, 4) is 0 Å². The summed E-state index contributed by atoms with van der Waals surface area (Å²) in [5.74, 6) is -0.936. The van der Waals surface area contributed by atoms with Gasteiger partial charge in [0.15, 0.2) is 0 Å². The maximum Gasteiger partial charge on any atom is 0.337 e. The molecule has 0 radical (unpaired) electrons. The molecule has 0 aliphatic rings. The van der Waals surface area contributed by atoms with Crippen molar-refractivity contribution in [1.82, 2.24) is 0 Å². The second-order valence-electron chi connectivity index (χ2n) is 3.85. The van der Waals surface area contributed by atoms with Crippen LogP contribution in [0.3, 0.4) is 0 Å². The molecule has 2 aromatic rings. The van der Waals surface area contributed by atoms with Gasteiger partial charge in [-0.2, -0.15) is 0 Å². The van der Waals surface area contributed by atoms with E-state index in [1.807, 2.05) is 30.5 Å². The van der Waals surface area contributed by atoms with E-state index in [-0.39, 0.29) is 5.57 Å². The molecule has 0 aliphatic heterocycles. The Kier molecular flexibility index (Phi) is 3.84. The van der Waals surface area contributed by atoms with E-state index < -0.39 is 5.97 Å². The maximum absolute atomic E-state index is 11.3. The first-order valence-corrected chi connectivity index (χ1v) is 6.58. The van der Waals surface area contributed by atoms with Gasteiger partial charge in [0.2, 0.25) is 0 Å². The molecule has 4 heteroatoms. The van der Waals surface area contributed by atoms with Gasteiger partial charge in [-0.15, -0.1) is 11.3 Å². The number of halogens is 1. The molecule has 0 unspecified atom stereocenters. The first-order chi connectivity index (χ1) is 8.58. The molecule has 2 rings (SSSR count). The Morgan fingerprint density at radius 3 is 2.72 bits per heavy atom. The van der Waals surface area contributed by atoms with Crippen molar-refractivity contribution < 1.29 is 9.90 Å². The van der Waals surface area contributed by atoms with Crippen molar-refractivity contribution in [1.29, 1.82) is 0 Å². The highest BCUT2D eigenvalue weighted by atomic mass is 35.5. The van der Waals surface area contributed by atoms with E-state index in [1.165, 1.54) is 11.3 Å². The number of hydrogen-bond acceptors (Lipinski definition) is 2. The number of thiophene rings is 1. The summed E-state index contributed by atoms with van der Waals surface area (Å²) in [4.78, 5) is 12.0. The van der Waals surface area contributed by atoms with Gasteiger partial charge in [0.25, 0.3) is 0 Å². The molecule has 0 spiro atoms. The topological polar surface area (TPSA) is 37.3 Å². The quantitative estimate of drug-likeness (QED) is 0.848. The van der Waals surface area contributed by atoms with Crippen LogP contribution in [-0.4, -0.2) is 11.1 Å². The number of carbonyl (C=O) groups is 1. The zero-order valence-electron chi connectivity index (χ0n) is 9.68. The highest BCUT2D eigenvalue weighted by Crippen LogP contribution is 2.25. The lowest BCUT2D eigenvalue weighted by molar-refractivity contribution is -0.130. The number of rotatable bonds is 3. The highest BCUT2D eigenvalue weighted by Gasteiger charge is 2.11. The predicted octanol–water partition coefficient (Wildman–Crippen LogP) is 4.34. The molecule has 0 fully saturated rings. The minimum absolute atomic E-state index is 0.282. The van der Waals surface area contributed by atoms with Crippen LogP contribution in [0.1, 0.15) is 16.0 Å². The molecule has 0 bridgehead atoms. The number of carboxylic acid groups (broad SMARTS) is 1. The molecule has 1 aromatic carbocycles. The lowest BCUT2D eigenvalue weighted by Gasteiger charge is -2.02. The van der Waals surface area contributed by atoms with Crippen LogP contribution in [0.25, 0.3) is 11.6 Å². The zero-order valence-corrected chi connectivity index (χ0v) is 11.3. The molecule has 0 amide bonds. The monoisotopic (exact) mass is 278 g/mol. The Morgan fingerprint density at radius 1 is 1.39 bits per heavy atom. The van der Waals surface area contributed by atoms with Gasteiger partial charge < -0.3 is 5.11 Å². The van der Waals surface area contributed by atoms with E-state index >= 15 is 0 Å². The average Bonchev–Trinajstić information content (AvgIpc) is 2.83. The second kappa shape index (κ2) is 5.38. The first kappa shape index (κ1) is 12.9. The van der Waals surface area contributed by atoms with Gasteiger partial charge in [-0.1, -0.05) is 29.8 Å². The van der Waals surface area contributed by atoms with Gasteiger partial charge in [0.05, 0.1) is 5.57 Å². The third-order valence-corrected chi connectivity index (χ3v) is 3.83. The fraction of sp³-hybridized carbons (Fsp3) is 0.0714. The van der Waals surface area contributed by atoms with E-state index in [0.717, 1.165) is 16.0 Å². The first-order valence-electron chi connectivity index (χ1n) is 5.33. The number of aliphatic carboxylic acids is 1. The Morgan fingerprint density at radius 2 is 2.17 bits per heavy atom. The molecule has 0 saturated heterocycles. The standard InChI is InChI=1S/C14H11ClO2S/c1-9-4-5-10(8-12(9)15)7-11(14(16)17)13-3-2-6-18-13/h2-8H,1H3,(H,16,17)/b11-7+.